The molecule has 1 aromatic carbocycles. The molecule has 0 radical (unpaired) electrons. The van der Waals surface area contributed by atoms with E-state index in [0.717, 1.165) is 5.56 Å². The highest BCUT2D eigenvalue weighted by Crippen LogP contribution is 2.21. The zero-order valence-electron chi connectivity index (χ0n) is 15.0. The molecular formula is C19H25N3O2. The van der Waals surface area contributed by atoms with Gasteiger partial charge in [-0.2, -0.15) is 5.10 Å². The van der Waals surface area contributed by atoms with Crippen LogP contribution in [0.5, 0.6) is 0 Å². The molecule has 5 nitrogen and oxygen atoms in total. The molecule has 5 heteroatoms. The fourth-order valence-corrected chi connectivity index (χ4v) is 2.45. The maximum atomic E-state index is 12.7. The van der Waals surface area contributed by atoms with E-state index < -0.39 is 0 Å². The average Bonchev–Trinajstić information content (AvgIpc) is 2.98. The minimum atomic E-state index is -0.364. The van der Waals surface area contributed by atoms with Crippen molar-refractivity contribution in [2.45, 2.75) is 52.6 Å². The van der Waals surface area contributed by atoms with Crippen molar-refractivity contribution in [2.24, 2.45) is 0 Å². The van der Waals surface area contributed by atoms with Crippen LogP contribution in [0.15, 0.2) is 36.4 Å². The Labute approximate surface area is 143 Å². The second-order valence-corrected chi connectivity index (χ2v) is 6.93. The second kappa shape index (κ2) is 6.99. The Morgan fingerprint density at radius 3 is 2.38 bits per heavy atom. The van der Waals surface area contributed by atoms with Gasteiger partial charge in [0.15, 0.2) is 5.78 Å². The number of benzene rings is 1. The van der Waals surface area contributed by atoms with Crippen LogP contribution in [0.1, 0.15) is 73.6 Å². The van der Waals surface area contributed by atoms with E-state index in [9.17, 15) is 9.59 Å². The normalized spacial score (nSPS) is 12.7. The van der Waals surface area contributed by atoms with E-state index in [1.165, 1.54) is 0 Å². The van der Waals surface area contributed by atoms with Crippen molar-refractivity contribution < 1.29 is 9.59 Å². The smallest absolute Gasteiger partial charge is 0.270 e. The summed E-state index contributed by atoms with van der Waals surface area (Å²) in [5.41, 5.74) is 1.40. The molecule has 24 heavy (non-hydrogen) atoms. The van der Waals surface area contributed by atoms with Gasteiger partial charge in [0.05, 0.1) is 6.04 Å². The van der Waals surface area contributed by atoms with Crippen LogP contribution in [0.4, 0.5) is 0 Å². The summed E-state index contributed by atoms with van der Waals surface area (Å²) in [5.74, 6) is -0.299. The number of nitrogens with zero attached hydrogens (tertiary/aromatic N) is 2. The number of ketones is 1. The predicted molar refractivity (Wildman–Crippen MR) is 94.3 cm³/mol. The molecule has 1 atom stereocenters. The number of nitrogens with one attached hydrogen (secondary N) is 1. The van der Waals surface area contributed by atoms with Crippen molar-refractivity contribution in [3.05, 3.63) is 53.3 Å². The lowest BCUT2D eigenvalue weighted by molar-refractivity contribution is 0.0906. The number of aromatic nitrogens is 2. The maximum Gasteiger partial charge on any atom is 0.270 e. The molecule has 0 saturated carbocycles. The van der Waals surface area contributed by atoms with E-state index in [4.69, 9.17) is 0 Å². The van der Waals surface area contributed by atoms with Crippen LogP contribution in [0.3, 0.4) is 0 Å². The lowest BCUT2D eigenvalue weighted by atomic mass is 10.1. The van der Waals surface area contributed by atoms with Crippen LogP contribution in [-0.2, 0) is 0 Å². The second-order valence-electron chi connectivity index (χ2n) is 6.93. The summed E-state index contributed by atoms with van der Waals surface area (Å²) in [6, 6.07) is 11.2. The molecule has 1 N–H and O–H groups in total. The van der Waals surface area contributed by atoms with Gasteiger partial charge in [0.25, 0.3) is 5.91 Å². The van der Waals surface area contributed by atoms with Gasteiger partial charge in [0.1, 0.15) is 11.4 Å². The Kier molecular flexibility index (Phi) is 5.22. The SMILES string of the molecule is CCC(=O)c1cc(C(=O)NC(C)(C)C)n([C@@H](C)c2ccccc2)n1. The van der Waals surface area contributed by atoms with Crippen molar-refractivity contribution in [3.63, 3.8) is 0 Å². The van der Waals surface area contributed by atoms with Gasteiger partial charge in [-0.05, 0) is 33.3 Å². The van der Waals surface area contributed by atoms with Crippen LogP contribution in [0.25, 0.3) is 0 Å². The maximum absolute atomic E-state index is 12.7. The molecule has 0 aliphatic carbocycles. The molecule has 0 aliphatic heterocycles. The number of amides is 1. The van der Waals surface area contributed by atoms with Crippen LogP contribution >= 0.6 is 0 Å². The van der Waals surface area contributed by atoms with E-state index in [-0.39, 0.29) is 23.3 Å². The minimum Gasteiger partial charge on any atom is -0.346 e. The molecule has 1 aromatic heterocycles. The van der Waals surface area contributed by atoms with Gasteiger partial charge in [-0.25, -0.2) is 0 Å². The predicted octanol–water partition coefficient (Wildman–Crippen LogP) is 3.61. The number of hydrogen-bond acceptors (Lipinski definition) is 3. The van der Waals surface area contributed by atoms with Crippen molar-refractivity contribution >= 4 is 11.7 Å². The molecule has 1 heterocycles. The van der Waals surface area contributed by atoms with Gasteiger partial charge in [0, 0.05) is 18.0 Å². The third-order valence-electron chi connectivity index (χ3n) is 3.71. The fraction of sp³-hybridized carbons (Fsp3) is 0.421. The van der Waals surface area contributed by atoms with E-state index in [1.807, 2.05) is 58.0 Å². The number of rotatable bonds is 5. The Hall–Kier alpha value is -2.43. The Morgan fingerprint density at radius 1 is 1.21 bits per heavy atom. The highest BCUT2D eigenvalue weighted by atomic mass is 16.2. The third kappa shape index (κ3) is 4.10. The summed E-state index contributed by atoms with van der Waals surface area (Å²) in [4.78, 5) is 24.7. The van der Waals surface area contributed by atoms with E-state index in [2.05, 4.69) is 10.4 Å². The quantitative estimate of drug-likeness (QED) is 0.853. The first-order chi connectivity index (χ1) is 11.2. The first-order valence-corrected chi connectivity index (χ1v) is 8.23. The van der Waals surface area contributed by atoms with Gasteiger partial charge in [0.2, 0.25) is 0 Å². The lowest BCUT2D eigenvalue weighted by Crippen LogP contribution is -2.41. The van der Waals surface area contributed by atoms with Gasteiger partial charge in [-0.15, -0.1) is 0 Å². The standard InChI is InChI=1S/C19H25N3O2/c1-6-17(23)15-12-16(18(24)20-19(3,4)5)22(21-15)13(2)14-10-8-7-9-11-14/h7-13H,6H2,1-5H3,(H,20,24)/t13-/m0/s1. The van der Waals surface area contributed by atoms with Crippen molar-refractivity contribution in [1.82, 2.24) is 15.1 Å². The van der Waals surface area contributed by atoms with Crippen LogP contribution in [0.2, 0.25) is 0 Å². The molecule has 0 unspecified atom stereocenters. The number of carbonyl (C=O) groups is 2. The summed E-state index contributed by atoms with van der Waals surface area (Å²) >= 11 is 0. The molecule has 0 spiro atoms. The van der Waals surface area contributed by atoms with Crippen molar-refractivity contribution in [1.29, 1.82) is 0 Å². The molecule has 128 valence electrons. The Bertz CT molecular complexity index is 727. The third-order valence-corrected chi connectivity index (χ3v) is 3.71. The highest BCUT2D eigenvalue weighted by Gasteiger charge is 2.24. The lowest BCUT2D eigenvalue weighted by Gasteiger charge is -2.22. The number of carbonyl (C=O) groups excluding carboxylic acids is 2. The van der Waals surface area contributed by atoms with Gasteiger partial charge >= 0.3 is 0 Å². The van der Waals surface area contributed by atoms with Gasteiger partial charge < -0.3 is 5.32 Å². The topological polar surface area (TPSA) is 64.0 Å². The largest absolute Gasteiger partial charge is 0.346 e. The van der Waals surface area contributed by atoms with Crippen LogP contribution < -0.4 is 5.32 Å². The van der Waals surface area contributed by atoms with E-state index in [0.29, 0.717) is 17.8 Å². The van der Waals surface area contributed by atoms with E-state index in [1.54, 1.807) is 17.7 Å². The molecule has 0 saturated heterocycles. The highest BCUT2D eigenvalue weighted by molar-refractivity contribution is 5.99. The molecule has 1 amide bonds. The van der Waals surface area contributed by atoms with Gasteiger partial charge in [-0.3, -0.25) is 14.3 Å². The zero-order chi connectivity index (χ0) is 17.9. The number of Topliss-reactive ketones (excluding diaryl/α,β-unsaturated/α-hetero) is 1. The first kappa shape index (κ1) is 17.9. The average molecular weight is 327 g/mol. The fourth-order valence-electron chi connectivity index (χ4n) is 2.45. The Morgan fingerprint density at radius 2 is 1.83 bits per heavy atom. The number of hydrogen-bond donors (Lipinski definition) is 1. The molecule has 2 rings (SSSR count). The molecule has 0 bridgehead atoms. The summed E-state index contributed by atoms with van der Waals surface area (Å²) in [7, 11) is 0. The summed E-state index contributed by atoms with van der Waals surface area (Å²) < 4.78 is 1.64. The zero-order valence-corrected chi connectivity index (χ0v) is 15.0. The van der Waals surface area contributed by atoms with Crippen LogP contribution in [-0.4, -0.2) is 27.0 Å². The summed E-state index contributed by atoms with van der Waals surface area (Å²) in [5, 5.41) is 7.36. The Balaban J connectivity index is 2.46. The van der Waals surface area contributed by atoms with E-state index >= 15 is 0 Å². The molecule has 0 fully saturated rings. The molecule has 0 aliphatic rings. The van der Waals surface area contributed by atoms with Gasteiger partial charge in [-0.1, -0.05) is 37.3 Å². The van der Waals surface area contributed by atoms with Crippen LogP contribution in [0, 0.1) is 0 Å². The first-order valence-electron chi connectivity index (χ1n) is 8.23. The summed E-state index contributed by atoms with van der Waals surface area (Å²) in [6.45, 7) is 9.52. The summed E-state index contributed by atoms with van der Waals surface area (Å²) in [6.07, 6.45) is 0.358. The minimum absolute atomic E-state index is 0.0705. The van der Waals surface area contributed by atoms with Crippen molar-refractivity contribution in [3.8, 4) is 0 Å². The molecule has 2 aromatic rings. The monoisotopic (exact) mass is 327 g/mol. The van der Waals surface area contributed by atoms with Crippen molar-refractivity contribution in [2.75, 3.05) is 0 Å². The molecular weight excluding hydrogens is 302 g/mol.